The van der Waals surface area contributed by atoms with Gasteiger partial charge in [-0.25, -0.2) is 4.39 Å². The molecule has 0 aromatic heterocycles. The van der Waals surface area contributed by atoms with Gasteiger partial charge in [0.15, 0.2) is 4.32 Å². The van der Waals surface area contributed by atoms with Crippen LogP contribution in [0.25, 0.3) is 6.08 Å². The van der Waals surface area contributed by atoms with Crippen LogP contribution >= 0.6 is 24.0 Å². The van der Waals surface area contributed by atoms with Gasteiger partial charge in [-0.1, -0.05) is 62.1 Å². The van der Waals surface area contributed by atoms with E-state index in [9.17, 15) is 9.18 Å². The van der Waals surface area contributed by atoms with Crippen molar-refractivity contribution in [3.63, 3.8) is 0 Å². The van der Waals surface area contributed by atoms with Crippen LogP contribution in [0.1, 0.15) is 19.4 Å². The second-order valence-corrected chi connectivity index (χ2v) is 7.92. The first-order valence-corrected chi connectivity index (χ1v) is 9.43. The average Bonchev–Trinajstić information content (AvgIpc) is 2.87. The SMILES string of the molecule is CC(C)COc1ccccc1/C=C1\SC(=S)N(c2cccc(F)c2)C1=O. The van der Waals surface area contributed by atoms with Crippen LogP contribution in [0.2, 0.25) is 0 Å². The monoisotopic (exact) mass is 387 g/mol. The number of thioether (sulfide) groups is 1. The minimum Gasteiger partial charge on any atom is -0.493 e. The van der Waals surface area contributed by atoms with E-state index in [1.54, 1.807) is 18.2 Å². The molecule has 26 heavy (non-hydrogen) atoms. The molecular weight excluding hydrogens is 369 g/mol. The Morgan fingerprint density at radius 3 is 2.73 bits per heavy atom. The third-order valence-electron chi connectivity index (χ3n) is 3.64. The summed E-state index contributed by atoms with van der Waals surface area (Å²) < 4.78 is 19.7. The number of benzene rings is 2. The summed E-state index contributed by atoms with van der Waals surface area (Å²) in [5.74, 6) is 0.448. The van der Waals surface area contributed by atoms with Crippen molar-refractivity contribution in [2.45, 2.75) is 13.8 Å². The molecule has 1 amide bonds. The molecule has 0 atom stereocenters. The number of rotatable bonds is 5. The highest BCUT2D eigenvalue weighted by atomic mass is 32.2. The maximum atomic E-state index is 13.5. The van der Waals surface area contributed by atoms with Crippen LogP contribution in [-0.2, 0) is 4.79 Å². The van der Waals surface area contributed by atoms with Crippen LogP contribution < -0.4 is 9.64 Å². The second-order valence-electron chi connectivity index (χ2n) is 6.24. The molecule has 0 spiro atoms. The molecule has 0 bridgehead atoms. The third kappa shape index (κ3) is 4.14. The van der Waals surface area contributed by atoms with E-state index in [2.05, 4.69) is 13.8 Å². The first-order valence-electron chi connectivity index (χ1n) is 8.21. The van der Waals surface area contributed by atoms with Crippen molar-refractivity contribution >= 4 is 46.0 Å². The fourth-order valence-electron chi connectivity index (χ4n) is 2.43. The number of nitrogens with zero attached hydrogens (tertiary/aromatic N) is 1. The Bertz CT molecular complexity index is 880. The number of carbonyl (C=O) groups excluding carboxylic acids is 1. The number of carbonyl (C=O) groups is 1. The van der Waals surface area contributed by atoms with Gasteiger partial charge in [0, 0.05) is 5.56 Å². The molecule has 2 aromatic carbocycles. The number of halogens is 1. The van der Waals surface area contributed by atoms with E-state index < -0.39 is 5.82 Å². The Balaban J connectivity index is 1.89. The smallest absolute Gasteiger partial charge is 0.270 e. The quantitative estimate of drug-likeness (QED) is 0.517. The van der Waals surface area contributed by atoms with E-state index in [4.69, 9.17) is 17.0 Å². The molecule has 0 saturated carbocycles. The average molecular weight is 388 g/mol. The van der Waals surface area contributed by atoms with Gasteiger partial charge in [0.2, 0.25) is 0 Å². The summed E-state index contributed by atoms with van der Waals surface area (Å²) in [5, 5.41) is 0. The van der Waals surface area contributed by atoms with Crippen molar-refractivity contribution in [3.8, 4) is 5.75 Å². The van der Waals surface area contributed by atoms with Gasteiger partial charge in [0.05, 0.1) is 17.2 Å². The van der Waals surface area contributed by atoms with Gasteiger partial charge in [0.25, 0.3) is 5.91 Å². The highest BCUT2D eigenvalue weighted by molar-refractivity contribution is 8.27. The number of anilines is 1. The van der Waals surface area contributed by atoms with Gasteiger partial charge in [-0.2, -0.15) is 0 Å². The molecule has 1 heterocycles. The number of thiocarbonyl (C=S) groups is 1. The number of amides is 1. The fraction of sp³-hybridized carbons (Fsp3) is 0.200. The number of hydrogen-bond donors (Lipinski definition) is 0. The second kappa shape index (κ2) is 8.01. The normalized spacial score (nSPS) is 16.0. The minimum absolute atomic E-state index is 0.260. The zero-order valence-electron chi connectivity index (χ0n) is 14.4. The van der Waals surface area contributed by atoms with Crippen molar-refractivity contribution in [3.05, 3.63) is 64.8 Å². The molecule has 3 nitrogen and oxygen atoms in total. The van der Waals surface area contributed by atoms with Crippen molar-refractivity contribution in [2.75, 3.05) is 11.5 Å². The Labute approximate surface area is 161 Å². The summed E-state index contributed by atoms with van der Waals surface area (Å²) >= 11 is 6.53. The lowest BCUT2D eigenvalue weighted by molar-refractivity contribution is -0.113. The zero-order chi connectivity index (χ0) is 18.7. The summed E-state index contributed by atoms with van der Waals surface area (Å²) in [6.07, 6.45) is 1.77. The van der Waals surface area contributed by atoms with E-state index in [1.807, 2.05) is 24.3 Å². The molecular formula is C20H18FNO2S2. The molecule has 6 heteroatoms. The maximum absolute atomic E-state index is 13.5. The first kappa shape index (κ1) is 18.6. The molecule has 0 radical (unpaired) electrons. The van der Waals surface area contributed by atoms with Gasteiger partial charge < -0.3 is 4.74 Å². The number of hydrogen-bond acceptors (Lipinski definition) is 4. The molecule has 3 rings (SSSR count). The Morgan fingerprint density at radius 1 is 1.23 bits per heavy atom. The van der Waals surface area contributed by atoms with E-state index in [-0.39, 0.29) is 5.91 Å². The van der Waals surface area contributed by atoms with E-state index in [0.717, 1.165) is 11.3 Å². The third-order valence-corrected chi connectivity index (χ3v) is 4.94. The fourth-order valence-corrected chi connectivity index (χ4v) is 3.72. The van der Waals surface area contributed by atoms with E-state index in [1.165, 1.54) is 28.8 Å². The standard InChI is InChI=1S/C20H18FNO2S2/c1-13(2)12-24-17-9-4-3-6-14(17)10-18-19(23)22(20(25)26-18)16-8-5-7-15(21)11-16/h3-11,13H,12H2,1-2H3/b18-10-. The van der Waals surface area contributed by atoms with Crippen molar-refractivity contribution in [2.24, 2.45) is 5.92 Å². The maximum Gasteiger partial charge on any atom is 0.270 e. The van der Waals surface area contributed by atoms with E-state index in [0.29, 0.717) is 27.4 Å². The summed E-state index contributed by atoms with van der Waals surface area (Å²) in [4.78, 5) is 14.6. The van der Waals surface area contributed by atoms with Gasteiger partial charge in [-0.05, 0) is 36.3 Å². The highest BCUT2D eigenvalue weighted by Crippen LogP contribution is 2.37. The van der Waals surface area contributed by atoms with Crippen LogP contribution in [0.5, 0.6) is 5.75 Å². The van der Waals surface area contributed by atoms with Gasteiger partial charge >= 0.3 is 0 Å². The molecule has 0 N–H and O–H groups in total. The van der Waals surface area contributed by atoms with Crippen molar-refractivity contribution in [1.82, 2.24) is 0 Å². The Morgan fingerprint density at radius 2 is 2.00 bits per heavy atom. The minimum atomic E-state index is -0.409. The van der Waals surface area contributed by atoms with Crippen LogP contribution in [0, 0.1) is 11.7 Å². The summed E-state index contributed by atoms with van der Waals surface area (Å²) in [6, 6.07) is 13.4. The summed E-state index contributed by atoms with van der Waals surface area (Å²) in [6.45, 7) is 4.74. The molecule has 0 unspecified atom stereocenters. The van der Waals surface area contributed by atoms with Crippen LogP contribution in [-0.4, -0.2) is 16.8 Å². The number of ether oxygens (including phenoxy) is 1. The molecule has 0 aliphatic carbocycles. The lowest BCUT2D eigenvalue weighted by atomic mass is 10.1. The molecule has 1 aliphatic heterocycles. The Kier molecular flexibility index (Phi) is 5.74. The first-order chi connectivity index (χ1) is 12.5. The predicted molar refractivity (Wildman–Crippen MR) is 109 cm³/mol. The van der Waals surface area contributed by atoms with Crippen molar-refractivity contribution in [1.29, 1.82) is 0 Å². The van der Waals surface area contributed by atoms with Crippen LogP contribution in [0.3, 0.4) is 0 Å². The predicted octanol–water partition coefficient (Wildman–Crippen LogP) is 5.27. The molecule has 1 saturated heterocycles. The van der Waals surface area contributed by atoms with Crippen molar-refractivity contribution < 1.29 is 13.9 Å². The molecule has 2 aromatic rings. The van der Waals surface area contributed by atoms with Gasteiger partial charge in [-0.3, -0.25) is 9.69 Å². The van der Waals surface area contributed by atoms with Gasteiger partial charge in [-0.15, -0.1) is 0 Å². The summed E-state index contributed by atoms with van der Waals surface area (Å²) in [5.41, 5.74) is 1.24. The highest BCUT2D eigenvalue weighted by Gasteiger charge is 2.33. The lowest BCUT2D eigenvalue weighted by Crippen LogP contribution is -2.27. The number of para-hydroxylation sites is 1. The lowest BCUT2D eigenvalue weighted by Gasteiger charge is -2.14. The molecule has 1 aliphatic rings. The van der Waals surface area contributed by atoms with Crippen LogP contribution in [0.4, 0.5) is 10.1 Å². The largest absolute Gasteiger partial charge is 0.493 e. The topological polar surface area (TPSA) is 29.5 Å². The van der Waals surface area contributed by atoms with Crippen LogP contribution in [0.15, 0.2) is 53.4 Å². The molecule has 134 valence electrons. The zero-order valence-corrected chi connectivity index (χ0v) is 16.1. The van der Waals surface area contributed by atoms with Gasteiger partial charge in [0.1, 0.15) is 11.6 Å². The summed E-state index contributed by atoms with van der Waals surface area (Å²) in [7, 11) is 0. The Hall–Kier alpha value is -2.18. The molecule has 1 fully saturated rings. The van der Waals surface area contributed by atoms with E-state index >= 15 is 0 Å².